The molecule has 6 nitrogen and oxygen atoms in total. The van der Waals surface area contributed by atoms with Crippen molar-refractivity contribution in [1.82, 2.24) is 10.6 Å². The van der Waals surface area contributed by atoms with Crippen molar-refractivity contribution in [2.45, 2.75) is 57.8 Å². The minimum Gasteiger partial charge on any atom is -0.373 e. The summed E-state index contributed by atoms with van der Waals surface area (Å²) in [6, 6.07) is 0.333. The average Bonchev–Trinajstić information content (AvgIpc) is 3.17. The molecule has 140 valence electrons. The second-order valence-corrected chi connectivity index (χ2v) is 9.82. The third kappa shape index (κ3) is 5.45. The van der Waals surface area contributed by atoms with Gasteiger partial charge in [-0.3, -0.25) is 4.99 Å². The largest absolute Gasteiger partial charge is 0.373 e. The van der Waals surface area contributed by atoms with E-state index in [1.165, 1.54) is 6.42 Å². The fraction of sp³-hybridized carbons (Fsp3) is 0.938. The molecule has 0 saturated carbocycles. The number of aliphatic imine (C=N–C) groups is 1. The fourth-order valence-corrected chi connectivity index (χ4v) is 5.53. The first-order chi connectivity index (χ1) is 10.9. The highest BCUT2D eigenvalue weighted by molar-refractivity contribution is 14.0. The Morgan fingerprint density at radius 2 is 2.08 bits per heavy atom. The van der Waals surface area contributed by atoms with Crippen LogP contribution in [0, 0.1) is 11.8 Å². The van der Waals surface area contributed by atoms with Gasteiger partial charge in [0.2, 0.25) is 0 Å². The molecule has 24 heavy (non-hydrogen) atoms. The van der Waals surface area contributed by atoms with E-state index in [2.05, 4.69) is 29.5 Å². The Labute approximate surface area is 162 Å². The molecule has 3 saturated heterocycles. The monoisotopic (exact) mass is 471 g/mol. The molecule has 3 rings (SSSR count). The molecule has 2 N–H and O–H groups in total. The van der Waals surface area contributed by atoms with Gasteiger partial charge in [-0.1, -0.05) is 13.8 Å². The Bertz CT molecular complexity index is 553. The first-order valence-corrected chi connectivity index (χ1v) is 10.6. The number of fused-ring (bicyclic) bond motifs is 2. The third-order valence-corrected chi connectivity index (χ3v) is 6.76. The van der Waals surface area contributed by atoms with Crippen LogP contribution in [-0.4, -0.2) is 57.2 Å². The van der Waals surface area contributed by atoms with Gasteiger partial charge in [-0.05, 0) is 37.5 Å². The van der Waals surface area contributed by atoms with E-state index in [1.54, 1.807) is 0 Å². The quantitative estimate of drug-likeness (QED) is 0.362. The van der Waals surface area contributed by atoms with E-state index in [0.29, 0.717) is 42.2 Å². The predicted molar refractivity (Wildman–Crippen MR) is 107 cm³/mol. The first kappa shape index (κ1) is 20.2. The Balaban J connectivity index is 0.00000208. The zero-order valence-corrected chi connectivity index (χ0v) is 17.7. The number of hydrogen-bond donors (Lipinski definition) is 2. The summed E-state index contributed by atoms with van der Waals surface area (Å²) in [7, 11) is -2.82. The summed E-state index contributed by atoms with van der Waals surface area (Å²) in [5.74, 6) is 2.13. The Kier molecular flexibility index (Phi) is 7.19. The summed E-state index contributed by atoms with van der Waals surface area (Å²) in [6.45, 7) is 5.72. The van der Waals surface area contributed by atoms with E-state index >= 15 is 0 Å². The van der Waals surface area contributed by atoms with E-state index < -0.39 is 9.84 Å². The van der Waals surface area contributed by atoms with Crippen molar-refractivity contribution in [2.24, 2.45) is 16.8 Å². The molecule has 0 radical (unpaired) electrons. The second kappa shape index (κ2) is 8.53. The Morgan fingerprint density at radius 3 is 2.62 bits per heavy atom. The van der Waals surface area contributed by atoms with Gasteiger partial charge in [-0.15, -0.1) is 24.0 Å². The number of hydrogen-bond acceptors (Lipinski definition) is 4. The van der Waals surface area contributed by atoms with E-state index in [9.17, 15) is 8.42 Å². The summed E-state index contributed by atoms with van der Waals surface area (Å²) in [5.41, 5.74) is 0. The van der Waals surface area contributed by atoms with E-state index in [-0.39, 0.29) is 29.9 Å². The highest BCUT2D eigenvalue weighted by atomic mass is 127. The highest BCUT2D eigenvalue weighted by Gasteiger charge is 2.41. The maximum atomic E-state index is 11.6. The minimum atomic E-state index is -2.82. The molecule has 0 aromatic carbocycles. The predicted octanol–water partition coefficient (Wildman–Crippen LogP) is 1.55. The molecule has 0 aromatic heterocycles. The molecule has 4 unspecified atom stereocenters. The van der Waals surface area contributed by atoms with Crippen molar-refractivity contribution < 1.29 is 13.2 Å². The molecule has 8 heteroatoms. The van der Waals surface area contributed by atoms with Crippen molar-refractivity contribution in [1.29, 1.82) is 0 Å². The Morgan fingerprint density at radius 1 is 1.29 bits per heavy atom. The van der Waals surface area contributed by atoms with Crippen molar-refractivity contribution in [2.75, 3.05) is 24.6 Å². The van der Waals surface area contributed by atoms with E-state index in [0.717, 1.165) is 31.8 Å². The van der Waals surface area contributed by atoms with Gasteiger partial charge in [0.05, 0.1) is 29.8 Å². The van der Waals surface area contributed by atoms with Crippen LogP contribution in [0.4, 0.5) is 0 Å². The number of sulfone groups is 1. The molecule has 0 spiro atoms. The van der Waals surface area contributed by atoms with Crippen LogP contribution in [-0.2, 0) is 14.6 Å². The first-order valence-electron chi connectivity index (χ1n) is 8.82. The zero-order valence-electron chi connectivity index (χ0n) is 14.5. The number of guanidine groups is 1. The number of ether oxygens (including phenoxy) is 1. The summed E-state index contributed by atoms with van der Waals surface area (Å²) >= 11 is 0. The molecule has 3 fully saturated rings. The number of rotatable bonds is 5. The molecule has 4 atom stereocenters. The van der Waals surface area contributed by atoms with Gasteiger partial charge in [-0.25, -0.2) is 8.42 Å². The lowest BCUT2D eigenvalue weighted by molar-refractivity contribution is 0.0992. The van der Waals surface area contributed by atoms with E-state index in [1.807, 2.05) is 0 Å². The molecule has 2 bridgehead atoms. The smallest absolute Gasteiger partial charge is 0.191 e. The van der Waals surface area contributed by atoms with Crippen molar-refractivity contribution in [3.05, 3.63) is 0 Å². The van der Waals surface area contributed by atoms with Gasteiger partial charge in [0, 0.05) is 13.1 Å². The lowest BCUT2D eigenvalue weighted by Crippen LogP contribution is -2.48. The SMILES string of the molecule is CC(C)CN=C(NCC1CCS(=O)(=O)C1)NC1CC2CCC1O2.I. The number of nitrogens with one attached hydrogen (secondary N) is 2. The summed E-state index contributed by atoms with van der Waals surface area (Å²) in [5, 5.41) is 6.87. The minimum absolute atomic E-state index is 0. The van der Waals surface area contributed by atoms with Gasteiger partial charge >= 0.3 is 0 Å². The van der Waals surface area contributed by atoms with Crippen LogP contribution in [0.2, 0.25) is 0 Å². The maximum absolute atomic E-state index is 11.6. The molecule has 3 aliphatic heterocycles. The van der Waals surface area contributed by atoms with Crippen LogP contribution in [0.5, 0.6) is 0 Å². The van der Waals surface area contributed by atoms with Gasteiger partial charge in [0.15, 0.2) is 15.8 Å². The maximum Gasteiger partial charge on any atom is 0.191 e. The van der Waals surface area contributed by atoms with Crippen molar-refractivity contribution in [3.8, 4) is 0 Å². The van der Waals surface area contributed by atoms with Crippen molar-refractivity contribution in [3.63, 3.8) is 0 Å². The Hall–Kier alpha value is -0.0900. The second-order valence-electron chi connectivity index (χ2n) is 7.59. The van der Waals surface area contributed by atoms with Crippen LogP contribution in [0.15, 0.2) is 4.99 Å². The highest BCUT2D eigenvalue weighted by Crippen LogP contribution is 2.34. The zero-order chi connectivity index (χ0) is 16.4. The van der Waals surface area contributed by atoms with Crippen LogP contribution in [0.3, 0.4) is 0 Å². The fourth-order valence-electron chi connectivity index (χ4n) is 3.67. The van der Waals surface area contributed by atoms with Gasteiger partial charge in [0.25, 0.3) is 0 Å². The van der Waals surface area contributed by atoms with Crippen molar-refractivity contribution >= 4 is 39.8 Å². The molecule has 0 amide bonds. The molecule has 0 aromatic rings. The van der Waals surface area contributed by atoms with Crippen LogP contribution < -0.4 is 10.6 Å². The van der Waals surface area contributed by atoms with Gasteiger partial charge in [0.1, 0.15) is 0 Å². The normalized spacial score (nSPS) is 34.4. The average molecular weight is 471 g/mol. The molecule has 3 aliphatic rings. The summed E-state index contributed by atoms with van der Waals surface area (Å²) in [6.07, 6.45) is 4.81. The molecule has 3 heterocycles. The van der Waals surface area contributed by atoms with Gasteiger partial charge in [-0.2, -0.15) is 0 Å². The topological polar surface area (TPSA) is 79.8 Å². The summed E-state index contributed by atoms with van der Waals surface area (Å²) < 4.78 is 29.0. The number of halogens is 1. The lowest BCUT2D eigenvalue weighted by atomic mass is 9.96. The standard InChI is InChI=1S/C16H29N3O3S.HI/c1-11(2)8-17-16(18-9-12-5-6-23(20,21)10-12)19-14-7-13-3-4-15(14)22-13;/h11-15H,3-10H2,1-2H3,(H2,17,18,19);1H. The molecular formula is C16H30IN3O3S. The van der Waals surface area contributed by atoms with Crippen LogP contribution >= 0.6 is 24.0 Å². The molecular weight excluding hydrogens is 441 g/mol. The molecule has 0 aliphatic carbocycles. The lowest BCUT2D eigenvalue weighted by Gasteiger charge is -2.24. The van der Waals surface area contributed by atoms with Gasteiger partial charge < -0.3 is 15.4 Å². The number of nitrogens with zero attached hydrogens (tertiary/aromatic N) is 1. The van der Waals surface area contributed by atoms with E-state index in [4.69, 9.17) is 4.74 Å². The summed E-state index contributed by atoms with van der Waals surface area (Å²) in [4.78, 5) is 4.66. The van der Waals surface area contributed by atoms with Crippen LogP contribution in [0.1, 0.15) is 39.5 Å². The third-order valence-electron chi connectivity index (χ3n) is 4.93. The van der Waals surface area contributed by atoms with Crippen LogP contribution in [0.25, 0.3) is 0 Å².